The van der Waals surface area contributed by atoms with Crippen molar-refractivity contribution in [3.8, 4) is 0 Å². The number of hydrogen-bond acceptors (Lipinski definition) is 4. The van der Waals surface area contributed by atoms with Gasteiger partial charge in [-0.05, 0) is 25.5 Å². The molecule has 3 aromatic rings. The van der Waals surface area contributed by atoms with Gasteiger partial charge in [0.2, 0.25) is 0 Å². The number of anilines is 1. The average molecular weight is 422 g/mol. The van der Waals surface area contributed by atoms with E-state index in [1.54, 1.807) is 6.07 Å². The SMILES string of the molecule is Cc1nn(Cc2ccccc2C(=O)Nc2c(F)c(F)cc(F)c2F)c(C)c1[N+](=O)[O-]. The minimum Gasteiger partial charge on any atom is -0.317 e. The first-order valence-corrected chi connectivity index (χ1v) is 8.52. The average Bonchev–Trinajstić information content (AvgIpc) is 2.97. The number of rotatable bonds is 5. The number of nitrogens with one attached hydrogen (secondary N) is 1. The first-order chi connectivity index (χ1) is 14.1. The van der Waals surface area contributed by atoms with Gasteiger partial charge >= 0.3 is 5.69 Å². The van der Waals surface area contributed by atoms with Crippen LogP contribution in [0.2, 0.25) is 0 Å². The Morgan fingerprint density at radius 1 is 1.13 bits per heavy atom. The molecule has 0 aliphatic rings. The molecule has 0 unspecified atom stereocenters. The molecule has 0 fully saturated rings. The van der Waals surface area contributed by atoms with Crippen molar-refractivity contribution in [1.29, 1.82) is 0 Å². The van der Waals surface area contributed by atoms with Gasteiger partial charge in [0, 0.05) is 11.6 Å². The quantitative estimate of drug-likeness (QED) is 0.288. The highest BCUT2D eigenvalue weighted by Crippen LogP contribution is 2.26. The molecule has 1 N–H and O–H groups in total. The lowest BCUT2D eigenvalue weighted by Crippen LogP contribution is -2.18. The molecule has 0 saturated heterocycles. The Bertz CT molecular complexity index is 1150. The van der Waals surface area contributed by atoms with Crippen molar-refractivity contribution in [3.63, 3.8) is 0 Å². The molecular formula is C19H14F4N4O3. The van der Waals surface area contributed by atoms with Crippen LogP contribution in [0.1, 0.15) is 27.3 Å². The lowest BCUT2D eigenvalue weighted by atomic mass is 10.1. The van der Waals surface area contributed by atoms with Crippen LogP contribution in [0.5, 0.6) is 0 Å². The fourth-order valence-corrected chi connectivity index (χ4v) is 3.01. The summed E-state index contributed by atoms with van der Waals surface area (Å²) in [6, 6.07) is 5.92. The summed E-state index contributed by atoms with van der Waals surface area (Å²) in [5, 5.41) is 17.1. The molecule has 1 heterocycles. The molecule has 1 amide bonds. The van der Waals surface area contributed by atoms with Crippen LogP contribution in [-0.4, -0.2) is 20.6 Å². The van der Waals surface area contributed by atoms with Crippen molar-refractivity contribution in [2.24, 2.45) is 0 Å². The highest BCUT2D eigenvalue weighted by molar-refractivity contribution is 6.05. The number of halogens is 4. The Morgan fingerprint density at radius 3 is 2.30 bits per heavy atom. The number of carbonyl (C=O) groups excluding carboxylic acids is 1. The topological polar surface area (TPSA) is 90.1 Å². The summed E-state index contributed by atoms with van der Waals surface area (Å²) >= 11 is 0. The summed E-state index contributed by atoms with van der Waals surface area (Å²) < 4.78 is 55.8. The third-order valence-corrected chi connectivity index (χ3v) is 4.46. The number of benzene rings is 2. The van der Waals surface area contributed by atoms with Gasteiger partial charge in [0.15, 0.2) is 23.3 Å². The maximum Gasteiger partial charge on any atom is 0.312 e. The molecule has 2 aromatic carbocycles. The summed E-state index contributed by atoms with van der Waals surface area (Å²) in [5.41, 5.74) is -0.745. The third kappa shape index (κ3) is 3.73. The van der Waals surface area contributed by atoms with E-state index in [9.17, 15) is 32.5 Å². The molecule has 156 valence electrons. The van der Waals surface area contributed by atoms with Gasteiger partial charge < -0.3 is 5.32 Å². The van der Waals surface area contributed by atoms with Crippen molar-refractivity contribution in [1.82, 2.24) is 9.78 Å². The maximum absolute atomic E-state index is 13.9. The van der Waals surface area contributed by atoms with Crippen LogP contribution >= 0.6 is 0 Å². The van der Waals surface area contributed by atoms with Crippen LogP contribution < -0.4 is 5.32 Å². The zero-order chi connectivity index (χ0) is 22.2. The predicted octanol–water partition coefficient (Wildman–Crippen LogP) is 4.27. The lowest BCUT2D eigenvalue weighted by molar-refractivity contribution is -0.386. The molecule has 0 atom stereocenters. The monoisotopic (exact) mass is 422 g/mol. The largest absolute Gasteiger partial charge is 0.317 e. The van der Waals surface area contributed by atoms with Crippen LogP contribution in [-0.2, 0) is 6.54 Å². The minimum atomic E-state index is -1.74. The van der Waals surface area contributed by atoms with Crippen molar-refractivity contribution in [2.75, 3.05) is 5.32 Å². The number of aromatic nitrogens is 2. The molecule has 7 nitrogen and oxygen atoms in total. The molecule has 0 radical (unpaired) electrons. The van der Waals surface area contributed by atoms with E-state index in [1.807, 2.05) is 5.32 Å². The van der Waals surface area contributed by atoms with Crippen LogP contribution in [0, 0.1) is 47.2 Å². The normalized spacial score (nSPS) is 10.9. The first-order valence-electron chi connectivity index (χ1n) is 8.52. The fourth-order valence-electron chi connectivity index (χ4n) is 3.01. The molecule has 3 rings (SSSR count). The molecular weight excluding hydrogens is 408 g/mol. The molecule has 0 aliphatic carbocycles. The van der Waals surface area contributed by atoms with Gasteiger partial charge in [0.25, 0.3) is 5.91 Å². The van der Waals surface area contributed by atoms with Gasteiger partial charge in [0.1, 0.15) is 17.1 Å². The van der Waals surface area contributed by atoms with Crippen molar-refractivity contribution >= 4 is 17.3 Å². The van der Waals surface area contributed by atoms with Crippen molar-refractivity contribution in [2.45, 2.75) is 20.4 Å². The zero-order valence-corrected chi connectivity index (χ0v) is 15.7. The van der Waals surface area contributed by atoms with E-state index in [4.69, 9.17) is 0 Å². The van der Waals surface area contributed by atoms with E-state index >= 15 is 0 Å². The Balaban J connectivity index is 1.96. The minimum absolute atomic E-state index is 0.0317. The smallest absolute Gasteiger partial charge is 0.312 e. The second kappa shape index (κ2) is 7.93. The Kier molecular flexibility index (Phi) is 5.54. The second-order valence-corrected chi connectivity index (χ2v) is 6.39. The molecule has 1 aromatic heterocycles. The number of aryl methyl sites for hydroxylation is 1. The fraction of sp³-hybridized carbons (Fsp3) is 0.158. The van der Waals surface area contributed by atoms with Crippen molar-refractivity contribution < 1.29 is 27.3 Å². The van der Waals surface area contributed by atoms with Gasteiger partial charge in [-0.15, -0.1) is 0 Å². The summed E-state index contributed by atoms with van der Waals surface area (Å²) in [4.78, 5) is 23.2. The maximum atomic E-state index is 13.9. The molecule has 30 heavy (non-hydrogen) atoms. The van der Waals surface area contributed by atoms with E-state index in [2.05, 4.69) is 5.10 Å². The number of nitrogens with zero attached hydrogens (tertiary/aromatic N) is 3. The van der Waals surface area contributed by atoms with Crippen molar-refractivity contribution in [3.05, 3.63) is 86.2 Å². The van der Waals surface area contributed by atoms with Gasteiger partial charge in [-0.3, -0.25) is 19.6 Å². The number of hydrogen-bond donors (Lipinski definition) is 1. The van der Waals surface area contributed by atoms with Crippen LogP contribution in [0.15, 0.2) is 30.3 Å². The second-order valence-electron chi connectivity index (χ2n) is 6.39. The summed E-state index contributed by atoms with van der Waals surface area (Å²) in [6.45, 7) is 2.89. The van der Waals surface area contributed by atoms with E-state index in [0.717, 1.165) is 0 Å². The highest BCUT2D eigenvalue weighted by Gasteiger charge is 2.24. The van der Waals surface area contributed by atoms with Crippen LogP contribution in [0.25, 0.3) is 0 Å². The van der Waals surface area contributed by atoms with Gasteiger partial charge in [-0.25, -0.2) is 17.6 Å². The number of nitro groups is 1. The van der Waals surface area contributed by atoms with Crippen LogP contribution in [0.4, 0.5) is 28.9 Å². The number of amides is 1. The molecule has 0 spiro atoms. The Hall–Kier alpha value is -3.76. The standard InChI is InChI=1S/C19H14F4N4O3/c1-9-18(27(29)30)10(2)26(25-9)8-11-5-3-4-6-12(11)19(28)24-17-15(22)13(20)7-14(21)16(17)23/h3-7H,8H2,1-2H3,(H,24,28). The van der Waals surface area contributed by atoms with Gasteiger partial charge in [-0.1, -0.05) is 18.2 Å². The van der Waals surface area contributed by atoms with E-state index < -0.39 is 39.8 Å². The summed E-state index contributed by atoms with van der Waals surface area (Å²) in [5.74, 6) is -7.83. The lowest BCUT2D eigenvalue weighted by Gasteiger charge is -2.12. The predicted molar refractivity (Wildman–Crippen MR) is 98.1 cm³/mol. The highest BCUT2D eigenvalue weighted by atomic mass is 19.2. The molecule has 0 bridgehead atoms. The van der Waals surface area contributed by atoms with E-state index in [1.165, 1.54) is 36.7 Å². The number of carbonyl (C=O) groups is 1. The van der Waals surface area contributed by atoms with E-state index in [0.29, 0.717) is 5.56 Å². The van der Waals surface area contributed by atoms with Crippen LogP contribution in [0.3, 0.4) is 0 Å². The Morgan fingerprint density at radius 2 is 1.73 bits per heavy atom. The molecule has 0 aliphatic heterocycles. The van der Waals surface area contributed by atoms with Gasteiger partial charge in [0.05, 0.1) is 11.5 Å². The van der Waals surface area contributed by atoms with E-state index in [-0.39, 0.29) is 35.2 Å². The Labute approximate surface area is 167 Å². The molecule has 11 heteroatoms. The summed E-state index contributed by atoms with van der Waals surface area (Å²) in [7, 11) is 0. The first kappa shape index (κ1) is 21.0. The third-order valence-electron chi connectivity index (χ3n) is 4.46. The van der Waals surface area contributed by atoms with Gasteiger partial charge in [-0.2, -0.15) is 5.10 Å². The molecule has 0 saturated carbocycles. The zero-order valence-electron chi connectivity index (χ0n) is 15.7. The summed E-state index contributed by atoms with van der Waals surface area (Å²) in [6.07, 6.45) is 0.